The molecule has 1 saturated carbocycles. The van der Waals surface area contributed by atoms with Gasteiger partial charge < -0.3 is 14.6 Å². The normalized spacial score (nSPS) is 18.2. The number of aldehydes is 1. The molecule has 0 unspecified atom stereocenters. The number of aliphatic carboxylic acids is 1. The van der Waals surface area contributed by atoms with Crippen LogP contribution in [0, 0.1) is 0 Å². The fraction of sp³-hybridized carbons (Fsp3) is 0.385. The van der Waals surface area contributed by atoms with Gasteiger partial charge in [-0.25, -0.2) is 0 Å². The summed E-state index contributed by atoms with van der Waals surface area (Å²) in [6, 6.07) is 1.78. The van der Waals surface area contributed by atoms with Gasteiger partial charge in [0.15, 0.2) is 17.8 Å². The van der Waals surface area contributed by atoms with Crippen LogP contribution in [0.4, 0.5) is 0 Å². The number of ether oxygens (including phenoxy) is 2. The molecule has 0 aromatic heterocycles. The summed E-state index contributed by atoms with van der Waals surface area (Å²) in [6.07, 6.45) is 2.39. The molecule has 1 N–H and O–H groups in total. The minimum atomic E-state index is -0.833. The quantitative estimate of drug-likeness (QED) is 0.860. The molecule has 6 heteroatoms. The topological polar surface area (TPSA) is 72.8 Å². The predicted octanol–water partition coefficient (Wildman–Crippen LogP) is 2.50. The van der Waals surface area contributed by atoms with E-state index in [1.54, 1.807) is 6.07 Å². The third-order valence-corrected chi connectivity index (χ3v) is 4.32. The summed E-state index contributed by atoms with van der Waals surface area (Å²) in [4.78, 5) is 22.1. The van der Waals surface area contributed by atoms with Crippen molar-refractivity contribution in [2.75, 3.05) is 6.79 Å². The second-order valence-electron chi connectivity index (χ2n) is 4.85. The lowest BCUT2D eigenvalue weighted by atomic mass is 9.90. The van der Waals surface area contributed by atoms with Gasteiger partial charge in [-0.1, -0.05) is 0 Å². The molecule has 0 atom stereocenters. The Morgan fingerprint density at radius 1 is 1.42 bits per heavy atom. The largest absolute Gasteiger partial charge is 0.481 e. The maximum absolute atomic E-state index is 11.1. The summed E-state index contributed by atoms with van der Waals surface area (Å²) in [5.41, 5.74) is 0.843. The molecular weight excluding hydrogens is 316 g/mol. The second kappa shape index (κ2) is 4.23. The highest BCUT2D eigenvalue weighted by Gasteiger charge is 2.49. The van der Waals surface area contributed by atoms with Gasteiger partial charge in [-0.15, -0.1) is 0 Å². The number of hydrogen-bond acceptors (Lipinski definition) is 4. The Bertz CT molecular complexity index is 577. The summed E-state index contributed by atoms with van der Waals surface area (Å²) < 4.78 is 11.4. The summed E-state index contributed by atoms with van der Waals surface area (Å²) in [7, 11) is 0. The van der Waals surface area contributed by atoms with E-state index in [0.29, 0.717) is 27.8 Å². The first-order valence-corrected chi connectivity index (χ1v) is 6.66. The minimum Gasteiger partial charge on any atom is -0.481 e. The lowest BCUT2D eigenvalue weighted by molar-refractivity contribution is -0.137. The molecule has 1 aliphatic carbocycles. The molecule has 3 rings (SSSR count). The summed E-state index contributed by atoms with van der Waals surface area (Å²) in [5, 5.41) is 9.03. The van der Waals surface area contributed by atoms with Gasteiger partial charge in [-0.05, 0) is 34.8 Å². The fourth-order valence-corrected chi connectivity index (χ4v) is 3.04. The molecule has 0 radical (unpaired) electrons. The molecule has 1 heterocycles. The van der Waals surface area contributed by atoms with Gasteiger partial charge in [0.2, 0.25) is 6.79 Å². The molecule has 0 bridgehead atoms. The molecule has 1 aromatic rings. The lowest BCUT2D eigenvalue weighted by Gasteiger charge is -2.17. The lowest BCUT2D eigenvalue weighted by Crippen LogP contribution is -2.14. The molecule has 19 heavy (non-hydrogen) atoms. The van der Waals surface area contributed by atoms with Gasteiger partial charge in [0.1, 0.15) is 0 Å². The van der Waals surface area contributed by atoms with Gasteiger partial charge in [0, 0.05) is 15.5 Å². The Morgan fingerprint density at radius 2 is 2.11 bits per heavy atom. The molecule has 2 aliphatic rings. The third-order valence-electron chi connectivity index (χ3n) is 3.66. The highest BCUT2D eigenvalue weighted by molar-refractivity contribution is 9.10. The van der Waals surface area contributed by atoms with Crippen molar-refractivity contribution >= 4 is 28.2 Å². The van der Waals surface area contributed by atoms with Crippen molar-refractivity contribution in [3.63, 3.8) is 0 Å². The van der Waals surface area contributed by atoms with Gasteiger partial charge in [-0.3, -0.25) is 9.59 Å². The van der Waals surface area contributed by atoms with Crippen molar-refractivity contribution in [2.24, 2.45) is 0 Å². The number of carbonyl (C=O) groups is 2. The zero-order valence-electron chi connectivity index (χ0n) is 9.94. The first-order valence-electron chi connectivity index (χ1n) is 5.87. The standard InChI is InChI=1S/C13H11BrO5/c14-9-3-8(13(1-2-13)4-10(16)17)12-11(7(9)5-15)18-6-19-12/h3,5H,1-2,4,6H2,(H,16,17). The van der Waals surface area contributed by atoms with Crippen LogP contribution >= 0.6 is 15.9 Å². The fourth-order valence-electron chi connectivity index (χ4n) is 2.54. The van der Waals surface area contributed by atoms with Crippen LogP contribution in [0.5, 0.6) is 11.5 Å². The SMILES string of the molecule is O=Cc1c(Br)cc(C2(CC(=O)O)CC2)c2c1OCO2. The van der Waals surface area contributed by atoms with E-state index in [1.807, 2.05) is 0 Å². The minimum absolute atomic E-state index is 0.0583. The highest BCUT2D eigenvalue weighted by atomic mass is 79.9. The van der Waals surface area contributed by atoms with E-state index in [0.717, 1.165) is 18.4 Å². The van der Waals surface area contributed by atoms with E-state index < -0.39 is 5.97 Å². The predicted molar refractivity (Wildman–Crippen MR) is 68.8 cm³/mol. The van der Waals surface area contributed by atoms with Crippen molar-refractivity contribution in [1.29, 1.82) is 0 Å². The average molecular weight is 327 g/mol. The van der Waals surface area contributed by atoms with Gasteiger partial charge in [0.25, 0.3) is 0 Å². The van der Waals surface area contributed by atoms with Crippen molar-refractivity contribution in [1.82, 2.24) is 0 Å². The molecular formula is C13H11BrO5. The Kier molecular flexibility index (Phi) is 2.78. The van der Waals surface area contributed by atoms with Crippen LogP contribution in [-0.2, 0) is 10.2 Å². The van der Waals surface area contributed by atoms with E-state index >= 15 is 0 Å². The van der Waals surface area contributed by atoms with Crippen LogP contribution < -0.4 is 9.47 Å². The number of halogens is 1. The molecule has 0 spiro atoms. The van der Waals surface area contributed by atoms with E-state index in [2.05, 4.69) is 15.9 Å². The Morgan fingerprint density at radius 3 is 2.68 bits per heavy atom. The molecule has 100 valence electrons. The number of carbonyl (C=O) groups excluding carboxylic acids is 1. The van der Waals surface area contributed by atoms with Crippen molar-refractivity contribution in [3.8, 4) is 11.5 Å². The number of carboxylic acid groups (broad SMARTS) is 1. The molecule has 1 aliphatic heterocycles. The van der Waals surface area contributed by atoms with E-state index in [1.165, 1.54) is 0 Å². The second-order valence-corrected chi connectivity index (χ2v) is 5.71. The van der Waals surface area contributed by atoms with Crippen molar-refractivity contribution in [3.05, 3.63) is 21.7 Å². The number of carboxylic acids is 1. The average Bonchev–Trinajstić information content (AvgIpc) is 2.95. The Balaban J connectivity index is 2.13. The van der Waals surface area contributed by atoms with Crippen LogP contribution in [0.1, 0.15) is 35.2 Å². The third kappa shape index (κ3) is 1.90. The monoisotopic (exact) mass is 326 g/mol. The van der Waals surface area contributed by atoms with Crippen LogP contribution in [0.2, 0.25) is 0 Å². The number of fused-ring (bicyclic) bond motifs is 1. The smallest absolute Gasteiger partial charge is 0.304 e. The van der Waals surface area contributed by atoms with Crippen molar-refractivity contribution < 1.29 is 24.2 Å². The van der Waals surface area contributed by atoms with Crippen LogP contribution in [0.15, 0.2) is 10.5 Å². The molecule has 0 saturated heterocycles. The zero-order chi connectivity index (χ0) is 13.6. The Hall–Kier alpha value is -1.56. The maximum atomic E-state index is 11.1. The van der Waals surface area contributed by atoms with Crippen molar-refractivity contribution in [2.45, 2.75) is 24.7 Å². The molecule has 1 aromatic carbocycles. The van der Waals surface area contributed by atoms with Gasteiger partial charge >= 0.3 is 5.97 Å². The van der Waals surface area contributed by atoms with Crippen LogP contribution in [0.3, 0.4) is 0 Å². The molecule has 1 fully saturated rings. The van der Waals surface area contributed by atoms with Gasteiger partial charge in [0.05, 0.1) is 12.0 Å². The summed E-state index contributed by atoms with van der Waals surface area (Å²) in [6.45, 7) is 0.0583. The Labute approximate surface area is 117 Å². The van der Waals surface area contributed by atoms with E-state index in [-0.39, 0.29) is 18.6 Å². The van der Waals surface area contributed by atoms with E-state index in [4.69, 9.17) is 14.6 Å². The zero-order valence-corrected chi connectivity index (χ0v) is 11.5. The number of benzene rings is 1. The van der Waals surface area contributed by atoms with Gasteiger partial charge in [-0.2, -0.15) is 0 Å². The maximum Gasteiger partial charge on any atom is 0.304 e. The first-order chi connectivity index (χ1) is 9.07. The summed E-state index contributed by atoms with van der Waals surface area (Å²) in [5.74, 6) is 0.0980. The summed E-state index contributed by atoms with van der Waals surface area (Å²) >= 11 is 3.33. The van der Waals surface area contributed by atoms with Crippen LogP contribution in [-0.4, -0.2) is 24.2 Å². The highest BCUT2D eigenvalue weighted by Crippen LogP contribution is 2.57. The number of hydrogen-bond donors (Lipinski definition) is 1. The molecule has 5 nitrogen and oxygen atoms in total. The van der Waals surface area contributed by atoms with E-state index in [9.17, 15) is 9.59 Å². The van der Waals surface area contributed by atoms with Crippen LogP contribution in [0.25, 0.3) is 0 Å². The number of rotatable bonds is 4. The molecule has 0 amide bonds. The first kappa shape index (κ1) is 12.5.